The number of aromatic amines is 1. The molecule has 0 aliphatic carbocycles. The van der Waals surface area contributed by atoms with E-state index in [4.69, 9.17) is 23.2 Å². The third-order valence-corrected chi connectivity index (χ3v) is 9.86. The molecule has 1 atom stereocenters. The third-order valence-electron chi connectivity index (χ3n) is 9.26. The molecule has 1 unspecified atom stereocenters. The summed E-state index contributed by atoms with van der Waals surface area (Å²) in [6.07, 6.45) is 15.9. The summed E-state index contributed by atoms with van der Waals surface area (Å²) in [6, 6.07) is 16.7. The highest BCUT2D eigenvalue weighted by molar-refractivity contribution is 6.36. The normalized spacial score (nSPS) is 13.2. The van der Waals surface area contributed by atoms with E-state index < -0.39 is 11.7 Å². The molecule has 0 spiro atoms. The number of nitrogens with one attached hydrogen (secondary N) is 2. The Morgan fingerprint density at radius 2 is 1.51 bits per heavy atom. The molecule has 6 nitrogen and oxygen atoms in total. The Balaban J connectivity index is 1.19. The number of nitrogens with zero attached hydrogens (tertiary/aromatic N) is 2. The predicted octanol–water partition coefficient (Wildman–Crippen LogP) is 11.0. The zero-order chi connectivity index (χ0) is 33.2. The van der Waals surface area contributed by atoms with Gasteiger partial charge in [-0.05, 0) is 34.9 Å². The van der Waals surface area contributed by atoms with E-state index in [1.165, 1.54) is 70.3 Å². The number of hydrogen-bond donors (Lipinski definition) is 2. The van der Waals surface area contributed by atoms with Crippen LogP contribution in [0.25, 0.3) is 10.8 Å². The minimum absolute atomic E-state index is 0.0380. The Hall–Kier alpha value is -3.42. The zero-order valence-electron chi connectivity index (χ0n) is 27.2. The fourth-order valence-electron chi connectivity index (χ4n) is 6.51. The largest absolute Gasteiger partial charge is 0.328 e. The third kappa shape index (κ3) is 9.14. The standard InChI is InChI=1S/C38H45Cl2FN4O2/c1-2-3-4-5-6-7-8-9-10-11-12-13-18-29(28-20-19-26-16-14-15-17-27(26)21-28)37(46)42-36-31-24-45(25-35(31)43-44-36)38(47)30-22-34(41)33(40)23-32(30)39/h14-17,19-23,29H,2-13,18,24-25H2,1H3,(H2,42,43,44,46). The molecule has 0 saturated heterocycles. The number of rotatable bonds is 17. The lowest BCUT2D eigenvalue weighted by Gasteiger charge is -2.19. The van der Waals surface area contributed by atoms with E-state index in [0.717, 1.165) is 52.9 Å². The Morgan fingerprint density at radius 3 is 2.21 bits per heavy atom. The summed E-state index contributed by atoms with van der Waals surface area (Å²) in [7, 11) is 0. The van der Waals surface area contributed by atoms with Crippen LogP contribution >= 0.6 is 23.2 Å². The molecule has 5 rings (SSSR count). The molecule has 1 aromatic heterocycles. The molecule has 0 fully saturated rings. The molecule has 9 heteroatoms. The number of carbonyl (C=O) groups is 2. The number of hydrogen-bond acceptors (Lipinski definition) is 3. The van der Waals surface area contributed by atoms with Crippen LogP contribution in [0.4, 0.5) is 10.2 Å². The van der Waals surface area contributed by atoms with Gasteiger partial charge in [-0.15, -0.1) is 0 Å². The number of aromatic nitrogens is 2. The lowest BCUT2D eigenvalue weighted by Crippen LogP contribution is -2.27. The van der Waals surface area contributed by atoms with Gasteiger partial charge in [0.2, 0.25) is 5.91 Å². The van der Waals surface area contributed by atoms with Crippen molar-refractivity contribution >= 4 is 51.6 Å². The van der Waals surface area contributed by atoms with E-state index in [-0.39, 0.29) is 40.5 Å². The van der Waals surface area contributed by atoms with E-state index in [1.54, 1.807) is 4.90 Å². The zero-order valence-corrected chi connectivity index (χ0v) is 28.7. The predicted molar refractivity (Wildman–Crippen MR) is 190 cm³/mol. The molecule has 1 aliphatic rings. The van der Waals surface area contributed by atoms with Crippen LogP contribution in [0.2, 0.25) is 10.0 Å². The van der Waals surface area contributed by atoms with Crippen molar-refractivity contribution in [2.24, 2.45) is 0 Å². The maximum Gasteiger partial charge on any atom is 0.256 e. The smallest absolute Gasteiger partial charge is 0.256 e. The fourth-order valence-corrected chi connectivity index (χ4v) is 6.97. The van der Waals surface area contributed by atoms with Crippen LogP contribution in [-0.4, -0.2) is 26.9 Å². The molecular formula is C38H45Cl2FN4O2. The first-order valence-corrected chi connectivity index (χ1v) is 17.9. The quantitative estimate of drug-likeness (QED) is 0.0861. The highest BCUT2D eigenvalue weighted by Crippen LogP contribution is 2.33. The Kier molecular flexibility index (Phi) is 12.7. The highest BCUT2D eigenvalue weighted by atomic mass is 35.5. The molecule has 0 bridgehead atoms. The van der Waals surface area contributed by atoms with Crippen molar-refractivity contribution in [2.75, 3.05) is 5.32 Å². The van der Waals surface area contributed by atoms with Crippen molar-refractivity contribution in [1.29, 1.82) is 0 Å². The summed E-state index contributed by atoms with van der Waals surface area (Å²) in [5.74, 6) is -1.18. The van der Waals surface area contributed by atoms with Gasteiger partial charge in [0.25, 0.3) is 5.91 Å². The summed E-state index contributed by atoms with van der Waals surface area (Å²) in [5.41, 5.74) is 2.48. The number of H-pyrrole nitrogens is 1. The van der Waals surface area contributed by atoms with Crippen LogP contribution in [-0.2, 0) is 17.9 Å². The van der Waals surface area contributed by atoms with E-state index in [2.05, 4.69) is 52.8 Å². The van der Waals surface area contributed by atoms with E-state index >= 15 is 0 Å². The molecule has 2 amide bonds. The van der Waals surface area contributed by atoms with Crippen LogP contribution in [0.5, 0.6) is 0 Å². The van der Waals surface area contributed by atoms with Crippen LogP contribution < -0.4 is 5.32 Å². The van der Waals surface area contributed by atoms with Crippen LogP contribution in [0, 0.1) is 5.82 Å². The molecule has 2 heterocycles. The van der Waals surface area contributed by atoms with Gasteiger partial charge in [-0.2, -0.15) is 5.10 Å². The van der Waals surface area contributed by atoms with Gasteiger partial charge < -0.3 is 10.2 Å². The Bertz CT molecular complexity index is 1670. The van der Waals surface area contributed by atoms with E-state index in [9.17, 15) is 14.0 Å². The fraction of sp³-hybridized carbons (Fsp3) is 0.447. The van der Waals surface area contributed by atoms with Crippen molar-refractivity contribution < 1.29 is 14.0 Å². The second-order valence-corrected chi connectivity index (χ2v) is 13.6. The second kappa shape index (κ2) is 17.1. The van der Waals surface area contributed by atoms with Crippen molar-refractivity contribution in [3.8, 4) is 0 Å². The second-order valence-electron chi connectivity index (χ2n) is 12.8. The molecule has 4 aromatic rings. The highest BCUT2D eigenvalue weighted by Gasteiger charge is 2.32. The van der Waals surface area contributed by atoms with Crippen LogP contribution in [0.15, 0.2) is 54.6 Å². The van der Waals surface area contributed by atoms with Gasteiger partial charge in [0.05, 0.1) is 40.3 Å². The molecule has 3 aromatic carbocycles. The van der Waals surface area contributed by atoms with Gasteiger partial charge >= 0.3 is 0 Å². The topological polar surface area (TPSA) is 78.1 Å². The summed E-state index contributed by atoms with van der Waals surface area (Å²) in [6.45, 7) is 2.71. The minimum atomic E-state index is -0.709. The van der Waals surface area contributed by atoms with E-state index in [1.807, 2.05) is 12.1 Å². The Labute approximate surface area is 287 Å². The minimum Gasteiger partial charge on any atom is -0.328 e. The summed E-state index contributed by atoms with van der Waals surface area (Å²) in [4.78, 5) is 28.7. The average Bonchev–Trinajstić information content (AvgIpc) is 3.66. The van der Waals surface area contributed by atoms with Gasteiger partial charge in [0, 0.05) is 5.56 Å². The van der Waals surface area contributed by atoms with Crippen molar-refractivity contribution in [3.05, 3.63) is 92.8 Å². The lowest BCUT2D eigenvalue weighted by atomic mass is 9.90. The van der Waals surface area contributed by atoms with E-state index in [0.29, 0.717) is 5.82 Å². The number of fused-ring (bicyclic) bond motifs is 2. The van der Waals surface area contributed by atoms with Crippen LogP contribution in [0.3, 0.4) is 0 Å². The maximum atomic E-state index is 14.1. The van der Waals surface area contributed by atoms with Gasteiger partial charge in [-0.3, -0.25) is 14.7 Å². The van der Waals surface area contributed by atoms with Crippen LogP contribution in [0.1, 0.15) is 123 Å². The van der Waals surface area contributed by atoms with Gasteiger partial charge in [0.1, 0.15) is 5.82 Å². The summed E-state index contributed by atoms with van der Waals surface area (Å²) in [5, 5.41) is 12.6. The maximum absolute atomic E-state index is 14.1. The van der Waals surface area contributed by atoms with Crippen molar-refractivity contribution in [2.45, 2.75) is 109 Å². The Morgan fingerprint density at radius 1 is 0.851 bits per heavy atom. The number of benzene rings is 3. The SMILES string of the molecule is CCCCCCCCCCCCCCC(C(=O)Nc1n[nH]c2c1CN(C(=O)c1cc(F)c(Cl)cc1Cl)C2)c1ccc2ccccc2c1. The molecule has 2 N–H and O–H groups in total. The molecule has 1 aliphatic heterocycles. The molecular weight excluding hydrogens is 634 g/mol. The number of anilines is 1. The number of carbonyl (C=O) groups excluding carboxylic acids is 2. The average molecular weight is 680 g/mol. The van der Waals surface area contributed by atoms with Gasteiger partial charge in [-0.25, -0.2) is 4.39 Å². The number of unbranched alkanes of at least 4 members (excludes halogenated alkanes) is 11. The van der Waals surface area contributed by atoms with Crippen molar-refractivity contribution in [3.63, 3.8) is 0 Å². The molecule has 0 saturated carbocycles. The van der Waals surface area contributed by atoms with Gasteiger partial charge in [0.15, 0.2) is 5.82 Å². The molecule has 0 radical (unpaired) electrons. The summed E-state index contributed by atoms with van der Waals surface area (Å²) < 4.78 is 14.1. The molecule has 250 valence electrons. The monoisotopic (exact) mass is 678 g/mol. The number of halogens is 3. The first kappa shape index (κ1) is 34.9. The van der Waals surface area contributed by atoms with Gasteiger partial charge in [-0.1, -0.05) is 150 Å². The number of amides is 2. The first-order chi connectivity index (χ1) is 22.9. The van der Waals surface area contributed by atoms with Crippen molar-refractivity contribution in [1.82, 2.24) is 15.1 Å². The lowest BCUT2D eigenvalue weighted by molar-refractivity contribution is -0.117. The first-order valence-electron chi connectivity index (χ1n) is 17.1. The molecule has 47 heavy (non-hydrogen) atoms. The summed E-state index contributed by atoms with van der Waals surface area (Å²) >= 11 is 12.0.